The minimum absolute atomic E-state index is 0.00872. The number of methoxy groups -OCH3 is 1. The molecule has 1 rings (SSSR count). The van der Waals surface area contributed by atoms with E-state index in [9.17, 15) is 12.8 Å². The zero-order valence-corrected chi connectivity index (χ0v) is 11.9. The summed E-state index contributed by atoms with van der Waals surface area (Å²) in [6.07, 6.45) is -0.279. The van der Waals surface area contributed by atoms with Crippen molar-refractivity contribution in [2.75, 3.05) is 20.7 Å². The molecule has 0 saturated carbocycles. The summed E-state index contributed by atoms with van der Waals surface area (Å²) in [5.74, 6) is -0.738. The summed E-state index contributed by atoms with van der Waals surface area (Å²) in [7, 11) is -1.06. The van der Waals surface area contributed by atoms with Gasteiger partial charge in [0.25, 0.3) is 0 Å². The van der Waals surface area contributed by atoms with Gasteiger partial charge < -0.3 is 9.84 Å². The van der Waals surface area contributed by atoms with E-state index in [-0.39, 0.29) is 17.2 Å². The highest BCUT2D eigenvalue weighted by Gasteiger charge is 2.22. The molecule has 19 heavy (non-hydrogen) atoms. The topological polar surface area (TPSA) is 66.8 Å². The van der Waals surface area contributed by atoms with E-state index in [4.69, 9.17) is 9.84 Å². The number of benzene rings is 1. The van der Waals surface area contributed by atoms with Crippen LogP contribution in [0, 0.1) is 5.82 Å². The number of hydrogen-bond donors (Lipinski definition) is 1. The minimum Gasteiger partial charge on any atom is -0.494 e. The molecule has 1 aromatic carbocycles. The van der Waals surface area contributed by atoms with Crippen molar-refractivity contribution in [3.63, 3.8) is 0 Å². The summed E-state index contributed by atoms with van der Waals surface area (Å²) in [6, 6.07) is 3.48. The summed E-state index contributed by atoms with van der Waals surface area (Å²) in [6.45, 7) is 1.74. The lowest BCUT2D eigenvalue weighted by Crippen LogP contribution is -2.29. The van der Waals surface area contributed by atoms with Crippen LogP contribution in [0.4, 0.5) is 4.39 Å². The molecule has 1 aromatic rings. The van der Waals surface area contributed by atoms with Gasteiger partial charge in [0.1, 0.15) is 0 Å². The largest absolute Gasteiger partial charge is 0.494 e. The summed E-state index contributed by atoms with van der Waals surface area (Å²) in [4.78, 5) is -0.140. The predicted molar refractivity (Wildman–Crippen MR) is 69.1 cm³/mol. The first-order valence-corrected chi connectivity index (χ1v) is 7.21. The molecule has 0 amide bonds. The van der Waals surface area contributed by atoms with E-state index in [1.807, 2.05) is 0 Å². The van der Waals surface area contributed by atoms with Gasteiger partial charge in [-0.05, 0) is 31.5 Å². The molecule has 0 saturated heterocycles. The maximum atomic E-state index is 13.5. The van der Waals surface area contributed by atoms with Gasteiger partial charge in [-0.1, -0.05) is 0 Å². The Balaban J connectivity index is 2.96. The molecule has 0 bridgehead atoms. The highest BCUT2D eigenvalue weighted by Crippen LogP contribution is 2.22. The fourth-order valence-corrected chi connectivity index (χ4v) is 2.67. The normalized spacial score (nSPS) is 13.6. The highest BCUT2D eigenvalue weighted by molar-refractivity contribution is 7.89. The van der Waals surface area contributed by atoms with Crippen molar-refractivity contribution in [2.24, 2.45) is 0 Å². The van der Waals surface area contributed by atoms with Crippen LogP contribution in [0.5, 0.6) is 5.75 Å². The van der Waals surface area contributed by atoms with Gasteiger partial charge in [-0.25, -0.2) is 17.1 Å². The first-order chi connectivity index (χ1) is 8.78. The number of rotatable bonds is 6. The van der Waals surface area contributed by atoms with E-state index < -0.39 is 21.9 Å². The number of hydrogen-bond acceptors (Lipinski definition) is 4. The third-order valence-corrected chi connectivity index (χ3v) is 4.55. The second-order valence-electron chi connectivity index (χ2n) is 4.26. The lowest BCUT2D eigenvalue weighted by molar-refractivity contribution is 0.177. The van der Waals surface area contributed by atoms with Gasteiger partial charge in [0.05, 0.1) is 18.1 Å². The Morgan fingerprint density at radius 1 is 1.47 bits per heavy atom. The van der Waals surface area contributed by atoms with Crippen LogP contribution in [-0.2, 0) is 10.0 Å². The lowest BCUT2D eigenvalue weighted by Gasteiger charge is -2.18. The molecule has 0 aromatic heterocycles. The van der Waals surface area contributed by atoms with Gasteiger partial charge >= 0.3 is 0 Å². The summed E-state index contributed by atoms with van der Waals surface area (Å²) in [5, 5.41) is 9.15. The molecule has 1 N–H and O–H groups in total. The monoisotopic (exact) mass is 291 g/mol. The molecular formula is C12H18FNO4S. The number of halogens is 1. The molecule has 0 radical (unpaired) electrons. The van der Waals surface area contributed by atoms with Crippen molar-refractivity contribution >= 4 is 10.0 Å². The number of sulfonamides is 1. The lowest BCUT2D eigenvalue weighted by atomic mass is 10.3. The van der Waals surface area contributed by atoms with E-state index in [2.05, 4.69) is 0 Å². The maximum Gasteiger partial charge on any atom is 0.242 e. The van der Waals surface area contributed by atoms with Crippen molar-refractivity contribution in [3.8, 4) is 5.75 Å². The van der Waals surface area contributed by atoms with E-state index in [1.165, 1.54) is 26.3 Å². The van der Waals surface area contributed by atoms with Gasteiger partial charge in [-0.2, -0.15) is 0 Å². The average molecular weight is 291 g/mol. The molecule has 0 aliphatic rings. The van der Waals surface area contributed by atoms with E-state index in [1.54, 1.807) is 6.92 Å². The van der Waals surface area contributed by atoms with Crippen molar-refractivity contribution in [3.05, 3.63) is 24.0 Å². The number of aliphatic hydroxyl groups excluding tert-OH is 1. The quantitative estimate of drug-likeness (QED) is 0.856. The summed E-state index contributed by atoms with van der Waals surface area (Å²) < 4.78 is 43.6. The molecule has 7 heteroatoms. The Hall–Kier alpha value is -1.18. The highest BCUT2D eigenvalue weighted by atomic mass is 32.2. The molecule has 0 aliphatic carbocycles. The van der Waals surface area contributed by atoms with Gasteiger partial charge in [-0.15, -0.1) is 0 Å². The fraction of sp³-hybridized carbons (Fsp3) is 0.500. The Morgan fingerprint density at radius 3 is 2.58 bits per heavy atom. The Bertz CT molecular complexity index is 531. The summed E-state index contributed by atoms with van der Waals surface area (Å²) in [5.41, 5.74) is 0. The first kappa shape index (κ1) is 15.9. The minimum atomic E-state index is -3.76. The SMILES string of the molecule is COc1ccc(S(=O)(=O)N(C)CCC(C)O)cc1F. The second-order valence-corrected chi connectivity index (χ2v) is 6.31. The number of nitrogens with zero attached hydrogens (tertiary/aromatic N) is 1. The molecule has 0 fully saturated rings. The van der Waals surface area contributed by atoms with Crippen molar-refractivity contribution in [1.29, 1.82) is 0 Å². The first-order valence-electron chi connectivity index (χ1n) is 5.77. The molecule has 0 spiro atoms. The van der Waals surface area contributed by atoms with Crippen LogP contribution < -0.4 is 4.74 Å². The Morgan fingerprint density at radius 2 is 2.11 bits per heavy atom. The molecule has 0 aliphatic heterocycles. The van der Waals surface area contributed by atoms with Gasteiger partial charge in [-0.3, -0.25) is 0 Å². The van der Waals surface area contributed by atoms with Gasteiger partial charge in [0.2, 0.25) is 10.0 Å². The standard InChI is InChI=1S/C12H18FNO4S/c1-9(15)6-7-14(2)19(16,17)10-4-5-12(18-3)11(13)8-10/h4-5,8-9,15H,6-7H2,1-3H3. The number of ether oxygens (including phenoxy) is 1. The third kappa shape index (κ3) is 3.89. The second kappa shape index (κ2) is 6.31. The van der Waals surface area contributed by atoms with E-state index >= 15 is 0 Å². The van der Waals surface area contributed by atoms with E-state index in [0.717, 1.165) is 10.4 Å². The van der Waals surface area contributed by atoms with Gasteiger partial charge in [0.15, 0.2) is 11.6 Å². The van der Waals surface area contributed by atoms with Gasteiger partial charge in [0, 0.05) is 13.6 Å². The van der Waals surface area contributed by atoms with Crippen molar-refractivity contribution < 1.29 is 22.7 Å². The molecular weight excluding hydrogens is 273 g/mol. The molecule has 1 unspecified atom stereocenters. The predicted octanol–water partition coefficient (Wildman–Crippen LogP) is 1.23. The van der Waals surface area contributed by atoms with Crippen LogP contribution in [0.3, 0.4) is 0 Å². The summed E-state index contributed by atoms with van der Waals surface area (Å²) >= 11 is 0. The Kier molecular flexibility index (Phi) is 5.28. The van der Waals surface area contributed by atoms with Crippen LogP contribution >= 0.6 is 0 Å². The number of aliphatic hydroxyl groups is 1. The molecule has 5 nitrogen and oxygen atoms in total. The molecule has 0 heterocycles. The third-order valence-electron chi connectivity index (χ3n) is 2.69. The molecule has 108 valence electrons. The van der Waals surface area contributed by atoms with Crippen LogP contribution in [0.1, 0.15) is 13.3 Å². The maximum absolute atomic E-state index is 13.5. The van der Waals surface area contributed by atoms with Crippen LogP contribution in [0.2, 0.25) is 0 Å². The van der Waals surface area contributed by atoms with E-state index in [0.29, 0.717) is 6.42 Å². The van der Waals surface area contributed by atoms with Crippen LogP contribution in [-0.4, -0.2) is 44.6 Å². The van der Waals surface area contributed by atoms with Crippen LogP contribution in [0.15, 0.2) is 23.1 Å². The zero-order chi connectivity index (χ0) is 14.6. The van der Waals surface area contributed by atoms with Crippen LogP contribution in [0.25, 0.3) is 0 Å². The molecule has 1 atom stereocenters. The smallest absolute Gasteiger partial charge is 0.242 e. The zero-order valence-electron chi connectivity index (χ0n) is 11.1. The Labute approximate surface area is 112 Å². The van der Waals surface area contributed by atoms with Crippen molar-refractivity contribution in [1.82, 2.24) is 4.31 Å². The fourth-order valence-electron chi connectivity index (χ4n) is 1.48. The van der Waals surface area contributed by atoms with Crippen molar-refractivity contribution in [2.45, 2.75) is 24.3 Å². The average Bonchev–Trinajstić information content (AvgIpc) is 2.35.